The number of para-hydroxylation sites is 1. The van der Waals surface area contributed by atoms with Gasteiger partial charge in [-0.25, -0.2) is 0 Å². The van der Waals surface area contributed by atoms with E-state index >= 15 is 0 Å². The van der Waals surface area contributed by atoms with Gasteiger partial charge < -0.3 is 5.32 Å². The molecular weight excluding hydrogens is 300 g/mol. The minimum Gasteiger partial charge on any atom is -0.349 e. The zero-order chi connectivity index (χ0) is 15.1. The molecule has 0 radical (unpaired) electrons. The van der Waals surface area contributed by atoms with Crippen molar-refractivity contribution in [3.05, 3.63) is 38.9 Å². The predicted molar refractivity (Wildman–Crippen MR) is 82.7 cm³/mol. The van der Waals surface area contributed by atoms with Gasteiger partial charge in [0.15, 0.2) is 0 Å². The normalized spacial score (nSPS) is 11.9. The molecule has 0 saturated heterocycles. The number of nitrogens with zero attached hydrogens (tertiary/aromatic N) is 1. The van der Waals surface area contributed by atoms with Gasteiger partial charge in [0.1, 0.15) is 10.6 Å². The first-order valence-electron chi connectivity index (χ1n) is 6.28. The number of hydrogen-bond donors (Lipinski definition) is 1. The summed E-state index contributed by atoms with van der Waals surface area (Å²) in [6.45, 7) is 3.95. The molecular formula is C13H17ClN2O3S. The zero-order valence-electron chi connectivity index (χ0n) is 11.4. The smallest absolute Gasteiger partial charge is 0.300 e. The number of rotatable bonds is 7. The molecule has 1 atom stereocenters. The first-order valence-corrected chi connectivity index (χ1v) is 7.82. The minimum atomic E-state index is -0.630. The van der Waals surface area contributed by atoms with Crippen LogP contribution in [0.25, 0.3) is 0 Å². The van der Waals surface area contributed by atoms with E-state index in [2.05, 4.69) is 12.2 Å². The van der Waals surface area contributed by atoms with E-state index in [-0.39, 0.29) is 22.3 Å². The molecule has 110 valence electrons. The standard InChI is InChI=1S/C13H17ClN2O3S/c1-3-20-8-7-9(2)15-13(17)10-5-4-6-11(14)12(10)16(18)19/h4-6,9H,3,7-8H2,1-2H3,(H,15,17). The van der Waals surface area contributed by atoms with Gasteiger partial charge in [0.25, 0.3) is 5.91 Å². The number of amides is 1. The minimum absolute atomic E-state index is 0.00232. The number of thioether (sulfide) groups is 1. The Morgan fingerprint density at radius 3 is 2.85 bits per heavy atom. The van der Waals surface area contributed by atoms with Gasteiger partial charge in [0.2, 0.25) is 0 Å². The maximum atomic E-state index is 12.1. The Kier molecular flexibility index (Phi) is 6.81. The molecule has 0 aliphatic heterocycles. The van der Waals surface area contributed by atoms with E-state index in [9.17, 15) is 14.9 Å². The number of benzene rings is 1. The highest BCUT2D eigenvalue weighted by Crippen LogP contribution is 2.28. The van der Waals surface area contributed by atoms with E-state index in [1.165, 1.54) is 18.2 Å². The third kappa shape index (κ3) is 4.68. The summed E-state index contributed by atoms with van der Waals surface area (Å²) in [6, 6.07) is 4.30. The summed E-state index contributed by atoms with van der Waals surface area (Å²) in [7, 11) is 0. The molecule has 0 aromatic heterocycles. The summed E-state index contributed by atoms with van der Waals surface area (Å²) in [5.41, 5.74) is -0.348. The van der Waals surface area contributed by atoms with Crippen molar-refractivity contribution in [1.29, 1.82) is 0 Å². The highest BCUT2D eigenvalue weighted by Gasteiger charge is 2.24. The van der Waals surface area contributed by atoms with Crippen LogP contribution < -0.4 is 5.32 Å². The quantitative estimate of drug-likeness (QED) is 0.474. The van der Waals surface area contributed by atoms with Crippen LogP contribution in [0, 0.1) is 10.1 Å². The topological polar surface area (TPSA) is 72.2 Å². The molecule has 1 amide bonds. The average molecular weight is 317 g/mol. The number of carbonyl (C=O) groups is 1. The highest BCUT2D eigenvalue weighted by atomic mass is 35.5. The van der Waals surface area contributed by atoms with Crippen LogP contribution in [0.3, 0.4) is 0 Å². The third-order valence-electron chi connectivity index (χ3n) is 2.69. The SMILES string of the molecule is CCSCCC(C)NC(=O)c1cccc(Cl)c1[N+](=O)[O-]. The molecule has 0 bridgehead atoms. The summed E-state index contributed by atoms with van der Waals surface area (Å²) in [5, 5.41) is 13.7. The monoisotopic (exact) mass is 316 g/mol. The van der Waals surface area contributed by atoms with Crippen LogP contribution in [0.4, 0.5) is 5.69 Å². The molecule has 5 nitrogen and oxygen atoms in total. The molecule has 0 spiro atoms. The highest BCUT2D eigenvalue weighted by molar-refractivity contribution is 7.99. The average Bonchev–Trinajstić information content (AvgIpc) is 2.38. The van der Waals surface area contributed by atoms with E-state index in [1.807, 2.05) is 6.92 Å². The van der Waals surface area contributed by atoms with Crippen molar-refractivity contribution in [2.75, 3.05) is 11.5 Å². The zero-order valence-corrected chi connectivity index (χ0v) is 13.0. The van der Waals surface area contributed by atoms with E-state index in [0.29, 0.717) is 0 Å². The fraction of sp³-hybridized carbons (Fsp3) is 0.462. The second-order valence-electron chi connectivity index (χ2n) is 4.25. The van der Waals surface area contributed by atoms with Gasteiger partial charge in [-0.3, -0.25) is 14.9 Å². The van der Waals surface area contributed by atoms with Crippen LogP contribution in [-0.2, 0) is 0 Å². The number of carbonyl (C=O) groups excluding carboxylic acids is 1. The Labute approximate surface area is 127 Å². The second kappa shape index (κ2) is 8.11. The summed E-state index contributed by atoms with van der Waals surface area (Å²) >= 11 is 7.57. The van der Waals surface area contributed by atoms with Crippen molar-refractivity contribution in [3.63, 3.8) is 0 Å². The lowest BCUT2D eigenvalue weighted by Crippen LogP contribution is -2.33. The summed E-state index contributed by atoms with van der Waals surface area (Å²) < 4.78 is 0. The van der Waals surface area contributed by atoms with Crippen LogP contribution in [0.2, 0.25) is 5.02 Å². The third-order valence-corrected chi connectivity index (χ3v) is 3.93. The molecule has 0 aliphatic rings. The lowest BCUT2D eigenvalue weighted by molar-refractivity contribution is -0.385. The Morgan fingerprint density at radius 2 is 2.25 bits per heavy atom. The Bertz CT molecular complexity index is 497. The summed E-state index contributed by atoms with van der Waals surface area (Å²) in [4.78, 5) is 22.4. The van der Waals surface area contributed by atoms with Gasteiger partial charge in [-0.05, 0) is 37.0 Å². The van der Waals surface area contributed by atoms with E-state index in [0.717, 1.165) is 17.9 Å². The van der Waals surface area contributed by atoms with E-state index in [4.69, 9.17) is 11.6 Å². The van der Waals surface area contributed by atoms with Crippen molar-refractivity contribution < 1.29 is 9.72 Å². The largest absolute Gasteiger partial charge is 0.349 e. The predicted octanol–water partition coefficient (Wildman–Crippen LogP) is 3.51. The Hall–Kier alpha value is -1.27. The molecule has 7 heteroatoms. The Morgan fingerprint density at radius 1 is 1.55 bits per heavy atom. The number of nitro benzene ring substituents is 1. The molecule has 0 saturated carbocycles. The van der Waals surface area contributed by atoms with Crippen molar-refractivity contribution in [2.24, 2.45) is 0 Å². The molecule has 1 rings (SSSR count). The van der Waals surface area contributed by atoms with Gasteiger partial charge in [0, 0.05) is 6.04 Å². The lowest BCUT2D eigenvalue weighted by Gasteiger charge is -2.13. The van der Waals surface area contributed by atoms with Crippen molar-refractivity contribution in [1.82, 2.24) is 5.32 Å². The fourth-order valence-corrected chi connectivity index (χ4v) is 2.71. The van der Waals surface area contributed by atoms with Crippen molar-refractivity contribution in [2.45, 2.75) is 26.3 Å². The van der Waals surface area contributed by atoms with Crippen molar-refractivity contribution >= 4 is 35.0 Å². The van der Waals surface area contributed by atoms with Crippen LogP contribution in [0.15, 0.2) is 18.2 Å². The molecule has 20 heavy (non-hydrogen) atoms. The molecule has 1 aromatic rings. The first-order chi connectivity index (χ1) is 9.47. The number of halogens is 1. The molecule has 1 N–H and O–H groups in total. The van der Waals surface area contributed by atoms with Crippen LogP contribution >= 0.6 is 23.4 Å². The maximum absolute atomic E-state index is 12.1. The molecule has 0 fully saturated rings. The van der Waals surface area contributed by atoms with E-state index in [1.54, 1.807) is 11.8 Å². The molecule has 1 aromatic carbocycles. The summed E-state index contributed by atoms with van der Waals surface area (Å²) in [6.07, 6.45) is 0.818. The van der Waals surface area contributed by atoms with Gasteiger partial charge in [-0.2, -0.15) is 11.8 Å². The van der Waals surface area contributed by atoms with Crippen molar-refractivity contribution in [3.8, 4) is 0 Å². The van der Waals surface area contributed by atoms with Gasteiger partial charge in [-0.1, -0.05) is 24.6 Å². The van der Waals surface area contributed by atoms with Crippen LogP contribution in [0.5, 0.6) is 0 Å². The van der Waals surface area contributed by atoms with E-state index < -0.39 is 10.8 Å². The van der Waals surface area contributed by atoms with Crippen LogP contribution in [0.1, 0.15) is 30.6 Å². The Balaban J connectivity index is 2.77. The fourth-order valence-electron chi connectivity index (χ4n) is 1.66. The number of nitro groups is 1. The molecule has 1 unspecified atom stereocenters. The van der Waals surface area contributed by atoms with Crippen LogP contribution in [-0.4, -0.2) is 28.4 Å². The van der Waals surface area contributed by atoms with Gasteiger partial charge >= 0.3 is 5.69 Å². The van der Waals surface area contributed by atoms with Gasteiger partial charge in [0.05, 0.1) is 4.92 Å². The number of nitrogens with one attached hydrogen (secondary N) is 1. The molecule has 0 heterocycles. The molecule has 0 aliphatic carbocycles. The lowest BCUT2D eigenvalue weighted by atomic mass is 10.1. The first kappa shape index (κ1) is 16.8. The number of hydrogen-bond acceptors (Lipinski definition) is 4. The summed E-state index contributed by atoms with van der Waals surface area (Å²) in [5.74, 6) is 1.50. The maximum Gasteiger partial charge on any atom is 0.300 e. The van der Waals surface area contributed by atoms with Gasteiger partial charge in [-0.15, -0.1) is 0 Å². The second-order valence-corrected chi connectivity index (χ2v) is 6.05.